The second-order valence-corrected chi connectivity index (χ2v) is 7.96. The fourth-order valence-corrected chi connectivity index (χ4v) is 3.64. The lowest BCUT2D eigenvalue weighted by molar-refractivity contribution is 0.0724. The van der Waals surface area contributed by atoms with Crippen LogP contribution in [0.1, 0.15) is 42.1 Å². The number of guanidine groups is 1. The van der Waals surface area contributed by atoms with Crippen molar-refractivity contribution >= 4 is 11.9 Å². The summed E-state index contributed by atoms with van der Waals surface area (Å²) >= 11 is 0. The minimum atomic E-state index is -0.0549. The molecule has 1 fully saturated rings. The van der Waals surface area contributed by atoms with Crippen molar-refractivity contribution in [2.24, 2.45) is 4.99 Å². The van der Waals surface area contributed by atoms with Crippen LogP contribution in [0.2, 0.25) is 0 Å². The van der Waals surface area contributed by atoms with Crippen molar-refractivity contribution in [1.29, 1.82) is 0 Å². The van der Waals surface area contributed by atoms with E-state index in [1.165, 1.54) is 6.42 Å². The summed E-state index contributed by atoms with van der Waals surface area (Å²) in [5.74, 6) is 2.36. The Labute approximate surface area is 190 Å². The number of aliphatic imine (C=N–C) groups is 1. The molecule has 0 radical (unpaired) electrons. The quantitative estimate of drug-likeness (QED) is 0.488. The van der Waals surface area contributed by atoms with Crippen LogP contribution in [-0.4, -0.2) is 56.7 Å². The predicted octanol–water partition coefficient (Wildman–Crippen LogP) is 3.45. The zero-order chi connectivity index (χ0) is 22.8. The van der Waals surface area contributed by atoms with E-state index in [4.69, 9.17) is 9.47 Å². The number of likely N-dealkylation sites (tertiary alicyclic amines) is 1. The smallest absolute Gasteiger partial charge is 0.253 e. The standard InChI is InChI=1S/C25H34N4O3/c1-19(32-23-9-7-8-22(16-23)31-3)17-27-25(26-2)28-18-20-10-12-21(13-11-20)24(30)29-14-5-4-6-15-29/h7-13,16,19H,4-6,14-15,17-18H2,1-3H3,(H2,26,27,28). The van der Waals surface area contributed by atoms with E-state index in [0.717, 1.165) is 48.6 Å². The van der Waals surface area contributed by atoms with Gasteiger partial charge in [-0.2, -0.15) is 0 Å². The second-order valence-electron chi connectivity index (χ2n) is 7.96. The SMILES string of the molecule is CN=C(NCc1ccc(C(=O)N2CCCCC2)cc1)NCC(C)Oc1cccc(OC)c1. The largest absolute Gasteiger partial charge is 0.497 e. The maximum Gasteiger partial charge on any atom is 0.253 e. The van der Waals surface area contributed by atoms with Crippen LogP contribution in [0.15, 0.2) is 53.5 Å². The molecule has 32 heavy (non-hydrogen) atoms. The van der Waals surface area contributed by atoms with Gasteiger partial charge in [0.05, 0.1) is 13.7 Å². The van der Waals surface area contributed by atoms with E-state index in [-0.39, 0.29) is 12.0 Å². The van der Waals surface area contributed by atoms with Crippen LogP contribution in [-0.2, 0) is 6.54 Å². The Bertz CT molecular complexity index is 892. The van der Waals surface area contributed by atoms with Gasteiger partial charge in [0.25, 0.3) is 5.91 Å². The molecule has 1 atom stereocenters. The molecule has 7 heteroatoms. The minimum Gasteiger partial charge on any atom is -0.497 e. The van der Waals surface area contributed by atoms with E-state index < -0.39 is 0 Å². The molecular formula is C25H34N4O3. The number of nitrogens with zero attached hydrogens (tertiary/aromatic N) is 2. The number of carbonyl (C=O) groups excluding carboxylic acids is 1. The molecule has 0 saturated carbocycles. The Hall–Kier alpha value is -3.22. The Morgan fingerprint density at radius 3 is 2.47 bits per heavy atom. The van der Waals surface area contributed by atoms with E-state index >= 15 is 0 Å². The molecule has 2 N–H and O–H groups in total. The first-order valence-corrected chi connectivity index (χ1v) is 11.2. The molecule has 2 aromatic rings. The molecule has 1 amide bonds. The van der Waals surface area contributed by atoms with Gasteiger partial charge in [-0.05, 0) is 56.0 Å². The van der Waals surface area contributed by atoms with Crippen molar-refractivity contribution in [3.8, 4) is 11.5 Å². The molecule has 2 aromatic carbocycles. The first kappa shape index (κ1) is 23.4. The summed E-state index contributed by atoms with van der Waals surface area (Å²) < 4.78 is 11.2. The van der Waals surface area contributed by atoms with Crippen molar-refractivity contribution < 1.29 is 14.3 Å². The molecule has 1 aliphatic rings. The number of ether oxygens (including phenoxy) is 2. The monoisotopic (exact) mass is 438 g/mol. The van der Waals surface area contributed by atoms with Gasteiger partial charge in [0.2, 0.25) is 0 Å². The van der Waals surface area contributed by atoms with Crippen LogP contribution < -0.4 is 20.1 Å². The zero-order valence-electron chi connectivity index (χ0n) is 19.3. The molecule has 1 aliphatic heterocycles. The Morgan fingerprint density at radius 1 is 1.06 bits per heavy atom. The molecule has 3 rings (SSSR count). The van der Waals surface area contributed by atoms with E-state index in [9.17, 15) is 4.79 Å². The molecule has 172 valence electrons. The van der Waals surface area contributed by atoms with Gasteiger partial charge in [-0.15, -0.1) is 0 Å². The van der Waals surface area contributed by atoms with Gasteiger partial charge in [0.1, 0.15) is 17.6 Å². The van der Waals surface area contributed by atoms with Crippen LogP contribution in [0, 0.1) is 0 Å². The highest BCUT2D eigenvalue weighted by molar-refractivity contribution is 5.94. The summed E-state index contributed by atoms with van der Waals surface area (Å²) in [7, 11) is 3.38. The Kier molecular flexibility index (Phi) is 8.78. The number of hydrogen-bond donors (Lipinski definition) is 2. The van der Waals surface area contributed by atoms with Crippen molar-refractivity contribution in [3.63, 3.8) is 0 Å². The van der Waals surface area contributed by atoms with Gasteiger partial charge in [-0.1, -0.05) is 18.2 Å². The minimum absolute atomic E-state index is 0.0549. The number of rotatable bonds is 8. The summed E-state index contributed by atoms with van der Waals surface area (Å²) in [4.78, 5) is 18.8. The third-order valence-electron chi connectivity index (χ3n) is 5.46. The molecule has 0 bridgehead atoms. The third-order valence-corrected chi connectivity index (χ3v) is 5.46. The average Bonchev–Trinajstić information content (AvgIpc) is 2.84. The lowest BCUT2D eigenvalue weighted by Crippen LogP contribution is -2.41. The molecule has 7 nitrogen and oxygen atoms in total. The lowest BCUT2D eigenvalue weighted by Gasteiger charge is -2.26. The van der Waals surface area contributed by atoms with Gasteiger partial charge in [0.15, 0.2) is 5.96 Å². The van der Waals surface area contributed by atoms with Crippen molar-refractivity contribution in [2.75, 3.05) is 33.8 Å². The highest BCUT2D eigenvalue weighted by atomic mass is 16.5. The van der Waals surface area contributed by atoms with Crippen LogP contribution in [0.25, 0.3) is 0 Å². The van der Waals surface area contributed by atoms with Crippen LogP contribution >= 0.6 is 0 Å². The van der Waals surface area contributed by atoms with Gasteiger partial charge >= 0.3 is 0 Å². The fraction of sp³-hybridized carbons (Fsp3) is 0.440. The summed E-state index contributed by atoms with van der Waals surface area (Å²) in [6.07, 6.45) is 3.36. The number of methoxy groups -OCH3 is 1. The topological polar surface area (TPSA) is 75.2 Å². The average molecular weight is 439 g/mol. The number of nitrogens with one attached hydrogen (secondary N) is 2. The van der Waals surface area contributed by atoms with Gasteiger partial charge < -0.3 is 25.0 Å². The normalized spacial score (nSPS) is 15.1. The molecule has 1 saturated heterocycles. The van der Waals surface area contributed by atoms with E-state index in [1.807, 2.05) is 60.4 Å². The summed E-state index contributed by atoms with van der Waals surface area (Å²) in [6, 6.07) is 15.4. The number of benzene rings is 2. The maximum absolute atomic E-state index is 12.6. The van der Waals surface area contributed by atoms with Crippen LogP contribution in [0.5, 0.6) is 11.5 Å². The predicted molar refractivity (Wildman–Crippen MR) is 127 cm³/mol. The molecule has 1 heterocycles. The highest BCUT2D eigenvalue weighted by Crippen LogP contribution is 2.19. The molecule has 0 spiro atoms. The zero-order valence-corrected chi connectivity index (χ0v) is 19.3. The van der Waals surface area contributed by atoms with E-state index in [2.05, 4.69) is 15.6 Å². The second kappa shape index (κ2) is 12.0. The number of amides is 1. The van der Waals surface area contributed by atoms with Crippen LogP contribution in [0.4, 0.5) is 0 Å². The van der Waals surface area contributed by atoms with Crippen molar-refractivity contribution in [2.45, 2.75) is 38.8 Å². The number of piperidine rings is 1. The van der Waals surface area contributed by atoms with Crippen LogP contribution in [0.3, 0.4) is 0 Å². The fourth-order valence-electron chi connectivity index (χ4n) is 3.64. The van der Waals surface area contributed by atoms with Crippen molar-refractivity contribution in [3.05, 3.63) is 59.7 Å². The summed E-state index contributed by atoms with van der Waals surface area (Å²) in [6.45, 7) is 4.94. The van der Waals surface area contributed by atoms with Gasteiger partial charge in [-0.25, -0.2) is 0 Å². The van der Waals surface area contributed by atoms with E-state index in [1.54, 1.807) is 14.2 Å². The Morgan fingerprint density at radius 2 is 1.78 bits per heavy atom. The molecule has 0 aromatic heterocycles. The summed E-state index contributed by atoms with van der Waals surface area (Å²) in [5.41, 5.74) is 1.84. The molecule has 1 unspecified atom stereocenters. The first-order chi connectivity index (χ1) is 15.6. The molecule has 0 aliphatic carbocycles. The van der Waals surface area contributed by atoms with Gasteiger partial charge in [0, 0.05) is 38.3 Å². The summed E-state index contributed by atoms with van der Waals surface area (Å²) in [5, 5.41) is 6.59. The number of carbonyl (C=O) groups is 1. The Balaban J connectivity index is 1.44. The third kappa shape index (κ3) is 6.90. The van der Waals surface area contributed by atoms with Crippen molar-refractivity contribution in [1.82, 2.24) is 15.5 Å². The van der Waals surface area contributed by atoms with E-state index in [0.29, 0.717) is 19.0 Å². The lowest BCUT2D eigenvalue weighted by atomic mass is 10.1. The van der Waals surface area contributed by atoms with Gasteiger partial charge in [-0.3, -0.25) is 9.79 Å². The maximum atomic E-state index is 12.6. The highest BCUT2D eigenvalue weighted by Gasteiger charge is 2.17. The first-order valence-electron chi connectivity index (χ1n) is 11.2. The number of hydrogen-bond acceptors (Lipinski definition) is 4. The molecular weight excluding hydrogens is 404 g/mol.